The zero-order valence-electron chi connectivity index (χ0n) is 41.1. The summed E-state index contributed by atoms with van der Waals surface area (Å²) >= 11 is 0. The number of esters is 3. The van der Waals surface area contributed by atoms with Gasteiger partial charge in [-0.1, -0.05) is 223 Å². The molecule has 0 aliphatic heterocycles. The van der Waals surface area contributed by atoms with E-state index in [9.17, 15) is 14.4 Å². The zero-order valence-corrected chi connectivity index (χ0v) is 41.1. The molecule has 0 amide bonds. The molecule has 0 aliphatic rings. The molecule has 0 bridgehead atoms. The first kappa shape index (κ1) is 59.4. The lowest BCUT2D eigenvalue weighted by molar-refractivity contribution is -0.167. The predicted molar refractivity (Wildman–Crippen MR) is 265 cm³/mol. The fourth-order valence-corrected chi connectivity index (χ4v) is 7.57. The van der Waals surface area contributed by atoms with Crippen LogP contribution in [0.25, 0.3) is 0 Å². The normalized spacial score (nSPS) is 12.4. The van der Waals surface area contributed by atoms with Gasteiger partial charge >= 0.3 is 17.9 Å². The second-order valence-electron chi connectivity index (χ2n) is 17.8. The topological polar surface area (TPSA) is 78.9 Å². The molecule has 0 N–H and O–H groups in total. The second kappa shape index (κ2) is 51.0. The first-order chi connectivity index (χ1) is 30.5. The van der Waals surface area contributed by atoms with Gasteiger partial charge in [-0.25, -0.2) is 0 Å². The molecule has 0 saturated carbocycles. The van der Waals surface area contributed by atoms with E-state index in [1.54, 1.807) is 0 Å². The van der Waals surface area contributed by atoms with Gasteiger partial charge in [0.1, 0.15) is 13.2 Å². The van der Waals surface area contributed by atoms with E-state index in [1.165, 1.54) is 148 Å². The molecule has 0 spiro atoms. The van der Waals surface area contributed by atoms with Crippen molar-refractivity contribution in [2.45, 2.75) is 277 Å². The van der Waals surface area contributed by atoms with Crippen LogP contribution in [0.4, 0.5) is 0 Å². The van der Waals surface area contributed by atoms with E-state index in [2.05, 4.69) is 69.4 Å². The third-order valence-electron chi connectivity index (χ3n) is 11.6. The van der Waals surface area contributed by atoms with Crippen molar-refractivity contribution in [2.75, 3.05) is 13.2 Å². The van der Waals surface area contributed by atoms with E-state index < -0.39 is 6.10 Å². The number of hydrogen-bond acceptors (Lipinski definition) is 6. The fraction of sp³-hybridized carbons (Fsp3) is 0.804. The van der Waals surface area contributed by atoms with E-state index in [4.69, 9.17) is 14.2 Å². The summed E-state index contributed by atoms with van der Waals surface area (Å²) in [5, 5.41) is 0. The van der Waals surface area contributed by atoms with E-state index in [1.807, 2.05) is 0 Å². The molecule has 62 heavy (non-hydrogen) atoms. The Bertz CT molecular complexity index is 1090. The molecule has 360 valence electrons. The SMILES string of the molecule is CC/C=C\C/C=C\C/C=C\CCCCCCCCCC(=O)OC(COC(=O)CCCCCCCCCC)COC(=O)CCCCCCCCCCC/C=C\CCCCCCCC. The second-order valence-corrected chi connectivity index (χ2v) is 17.8. The third kappa shape index (κ3) is 48.4. The highest BCUT2D eigenvalue weighted by Crippen LogP contribution is 2.15. The molecule has 0 aromatic carbocycles. The molecule has 0 aliphatic carbocycles. The van der Waals surface area contributed by atoms with Gasteiger partial charge in [0.05, 0.1) is 0 Å². The quantitative estimate of drug-likeness (QED) is 0.0262. The van der Waals surface area contributed by atoms with Crippen LogP contribution in [0.3, 0.4) is 0 Å². The Balaban J connectivity index is 4.27. The van der Waals surface area contributed by atoms with E-state index in [0.717, 1.165) is 83.5 Å². The number of carbonyl (C=O) groups excluding carboxylic acids is 3. The van der Waals surface area contributed by atoms with Gasteiger partial charge in [-0.05, 0) is 77.0 Å². The summed E-state index contributed by atoms with van der Waals surface area (Å²) in [7, 11) is 0. The highest BCUT2D eigenvalue weighted by molar-refractivity contribution is 5.71. The van der Waals surface area contributed by atoms with Gasteiger partial charge in [0.15, 0.2) is 6.10 Å². The average molecular weight is 869 g/mol. The Labute approximate surface area is 384 Å². The standard InChI is InChI=1S/C56H100O6/c1-4-7-10-13-16-19-21-23-25-27-28-30-31-33-35-37-40-43-46-49-55(58)61-52-53(51-60-54(57)48-45-42-39-18-15-12-9-6-3)62-56(59)50-47-44-41-38-36-34-32-29-26-24-22-20-17-14-11-8-5-2/h8,11,17,20,23-26,53H,4-7,9-10,12-16,18-19,21-22,27-52H2,1-3H3/b11-8-,20-17-,25-23-,26-24-. The van der Waals surface area contributed by atoms with Crippen molar-refractivity contribution >= 4 is 17.9 Å². The molecule has 0 saturated heterocycles. The predicted octanol–water partition coefficient (Wildman–Crippen LogP) is 17.5. The molecule has 6 heteroatoms. The molecular weight excluding hydrogens is 769 g/mol. The van der Waals surface area contributed by atoms with Gasteiger partial charge in [-0.15, -0.1) is 0 Å². The van der Waals surface area contributed by atoms with Crippen molar-refractivity contribution in [2.24, 2.45) is 0 Å². The van der Waals surface area contributed by atoms with Gasteiger partial charge in [-0.2, -0.15) is 0 Å². The lowest BCUT2D eigenvalue weighted by atomic mass is 10.1. The van der Waals surface area contributed by atoms with Gasteiger partial charge in [0.25, 0.3) is 0 Å². The van der Waals surface area contributed by atoms with Crippen molar-refractivity contribution < 1.29 is 28.6 Å². The summed E-state index contributed by atoms with van der Waals surface area (Å²) in [5.74, 6) is -0.884. The lowest BCUT2D eigenvalue weighted by Crippen LogP contribution is -2.30. The maximum absolute atomic E-state index is 12.8. The molecule has 0 aromatic rings. The van der Waals surface area contributed by atoms with Gasteiger partial charge in [0.2, 0.25) is 0 Å². The van der Waals surface area contributed by atoms with Crippen LogP contribution >= 0.6 is 0 Å². The maximum Gasteiger partial charge on any atom is 0.306 e. The molecular formula is C56H100O6. The Hall–Kier alpha value is -2.63. The number of carbonyl (C=O) groups is 3. The zero-order chi connectivity index (χ0) is 45.1. The first-order valence-corrected chi connectivity index (χ1v) is 26.6. The largest absolute Gasteiger partial charge is 0.462 e. The minimum atomic E-state index is -0.775. The number of unbranched alkanes of at least 4 members (excludes halogenated alkanes) is 29. The number of hydrogen-bond donors (Lipinski definition) is 0. The number of allylic oxidation sites excluding steroid dienone is 8. The van der Waals surface area contributed by atoms with Crippen LogP contribution in [0.5, 0.6) is 0 Å². The smallest absolute Gasteiger partial charge is 0.306 e. The molecule has 0 radical (unpaired) electrons. The van der Waals surface area contributed by atoms with E-state index in [-0.39, 0.29) is 31.1 Å². The lowest BCUT2D eigenvalue weighted by Gasteiger charge is -2.18. The van der Waals surface area contributed by atoms with Crippen molar-refractivity contribution in [3.63, 3.8) is 0 Å². The third-order valence-corrected chi connectivity index (χ3v) is 11.6. The summed E-state index contributed by atoms with van der Waals surface area (Å²) in [6.45, 7) is 6.50. The van der Waals surface area contributed by atoms with Crippen LogP contribution in [-0.2, 0) is 28.6 Å². The Kier molecular flexibility index (Phi) is 48.8. The van der Waals surface area contributed by atoms with Crippen molar-refractivity contribution in [3.8, 4) is 0 Å². The number of ether oxygens (including phenoxy) is 3. The van der Waals surface area contributed by atoms with Gasteiger partial charge in [0, 0.05) is 19.3 Å². The van der Waals surface area contributed by atoms with Crippen LogP contribution in [0.2, 0.25) is 0 Å². The molecule has 0 aromatic heterocycles. The Morgan fingerprint density at radius 3 is 1.00 bits per heavy atom. The van der Waals surface area contributed by atoms with Crippen molar-refractivity contribution in [3.05, 3.63) is 48.6 Å². The molecule has 6 nitrogen and oxygen atoms in total. The monoisotopic (exact) mass is 869 g/mol. The maximum atomic E-state index is 12.8. The summed E-state index contributed by atoms with van der Waals surface area (Å²) in [6, 6.07) is 0. The Morgan fingerprint density at radius 2 is 0.629 bits per heavy atom. The van der Waals surface area contributed by atoms with Crippen LogP contribution in [0.15, 0.2) is 48.6 Å². The van der Waals surface area contributed by atoms with Crippen LogP contribution < -0.4 is 0 Å². The highest BCUT2D eigenvalue weighted by atomic mass is 16.6. The van der Waals surface area contributed by atoms with Crippen LogP contribution in [0, 0.1) is 0 Å². The molecule has 1 unspecified atom stereocenters. The van der Waals surface area contributed by atoms with Crippen LogP contribution in [0.1, 0.15) is 271 Å². The molecule has 0 fully saturated rings. The minimum absolute atomic E-state index is 0.0760. The summed E-state index contributed by atoms with van der Waals surface area (Å²) in [5.41, 5.74) is 0. The molecule has 0 heterocycles. The van der Waals surface area contributed by atoms with Crippen LogP contribution in [-0.4, -0.2) is 37.2 Å². The summed E-state index contributed by atoms with van der Waals surface area (Å²) < 4.78 is 16.8. The summed E-state index contributed by atoms with van der Waals surface area (Å²) in [4.78, 5) is 37.9. The Morgan fingerprint density at radius 1 is 0.339 bits per heavy atom. The van der Waals surface area contributed by atoms with E-state index in [0.29, 0.717) is 19.3 Å². The molecule has 1 atom stereocenters. The first-order valence-electron chi connectivity index (χ1n) is 26.6. The summed E-state index contributed by atoms with van der Waals surface area (Å²) in [6.07, 6.45) is 61.1. The average Bonchev–Trinajstić information content (AvgIpc) is 3.27. The van der Waals surface area contributed by atoms with Gasteiger partial charge < -0.3 is 14.2 Å². The molecule has 0 rings (SSSR count). The van der Waals surface area contributed by atoms with E-state index >= 15 is 0 Å². The fourth-order valence-electron chi connectivity index (χ4n) is 7.57. The van der Waals surface area contributed by atoms with Crippen molar-refractivity contribution in [1.82, 2.24) is 0 Å². The number of rotatable bonds is 48. The van der Waals surface area contributed by atoms with Crippen molar-refractivity contribution in [1.29, 1.82) is 0 Å². The highest BCUT2D eigenvalue weighted by Gasteiger charge is 2.19. The minimum Gasteiger partial charge on any atom is -0.462 e. The van der Waals surface area contributed by atoms with Gasteiger partial charge in [-0.3, -0.25) is 14.4 Å².